The van der Waals surface area contributed by atoms with E-state index < -0.39 is 0 Å². The second kappa shape index (κ2) is 7.24. The molecule has 0 bridgehead atoms. The lowest BCUT2D eigenvalue weighted by molar-refractivity contribution is -0.118. The molecule has 0 spiro atoms. The largest absolute Gasteiger partial charge is 0.343 e. The number of hydrogen-bond acceptors (Lipinski definition) is 6. The number of nitrogens with one attached hydrogen (secondary N) is 1. The van der Waals surface area contributed by atoms with Crippen LogP contribution in [0.1, 0.15) is 50.3 Å². The van der Waals surface area contributed by atoms with Gasteiger partial charge >= 0.3 is 0 Å². The molecule has 5 rings (SSSR count). The summed E-state index contributed by atoms with van der Waals surface area (Å²) in [4.78, 5) is 18.0. The summed E-state index contributed by atoms with van der Waals surface area (Å²) in [7, 11) is 0. The van der Waals surface area contributed by atoms with Crippen molar-refractivity contribution >= 4 is 44.9 Å². The normalized spacial score (nSPS) is 20.3. The molecule has 3 aromatic rings. The Balaban J connectivity index is 1.66. The molecular weight excluding hydrogens is 412 g/mol. The van der Waals surface area contributed by atoms with Gasteiger partial charge in [0.25, 0.3) is 0 Å². The molecule has 1 aromatic carbocycles. The van der Waals surface area contributed by atoms with E-state index >= 15 is 0 Å². The van der Waals surface area contributed by atoms with Gasteiger partial charge in [0.1, 0.15) is 5.82 Å². The minimum atomic E-state index is -0.0275. The topological polar surface area (TPSA) is 59.8 Å². The number of anilines is 1. The molecule has 0 unspecified atom stereocenters. The first kappa shape index (κ1) is 19.8. The smallest absolute Gasteiger partial charge is 0.213 e. The highest BCUT2D eigenvalue weighted by Crippen LogP contribution is 2.49. The first-order valence-electron chi connectivity index (χ1n) is 10.4. The third-order valence-electron chi connectivity index (χ3n) is 6.07. The van der Waals surface area contributed by atoms with E-state index in [9.17, 15) is 4.79 Å². The van der Waals surface area contributed by atoms with E-state index in [1.54, 1.807) is 11.3 Å². The zero-order valence-electron chi connectivity index (χ0n) is 17.8. The van der Waals surface area contributed by atoms with Gasteiger partial charge in [0, 0.05) is 29.2 Å². The average Bonchev–Trinajstić information content (AvgIpc) is 3.25. The zero-order valence-corrected chi connectivity index (χ0v) is 19.4. The maximum atomic E-state index is 13.2. The fourth-order valence-electron chi connectivity index (χ4n) is 4.83. The van der Waals surface area contributed by atoms with Gasteiger partial charge in [-0.05, 0) is 49.3 Å². The molecule has 0 saturated carbocycles. The van der Waals surface area contributed by atoms with Gasteiger partial charge in [0.15, 0.2) is 5.78 Å². The number of allylic oxidation sites excluding steroid dienone is 2. The van der Waals surface area contributed by atoms with Crippen molar-refractivity contribution in [2.45, 2.75) is 46.0 Å². The van der Waals surface area contributed by atoms with E-state index in [0.29, 0.717) is 6.42 Å². The summed E-state index contributed by atoms with van der Waals surface area (Å²) >= 11 is 3.48. The van der Waals surface area contributed by atoms with E-state index in [-0.39, 0.29) is 17.1 Å². The van der Waals surface area contributed by atoms with Crippen LogP contribution in [0.5, 0.6) is 0 Å². The molecule has 1 atom stereocenters. The molecule has 0 fully saturated rings. The quantitative estimate of drug-likeness (QED) is 0.566. The molecule has 5 nitrogen and oxygen atoms in total. The molecule has 7 heteroatoms. The number of para-hydroxylation sites is 1. The highest BCUT2D eigenvalue weighted by atomic mass is 32.2. The number of carbonyl (C=O) groups excluding carboxylic acids is 1. The number of carbonyl (C=O) groups is 1. The molecule has 0 saturated heterocycles. The zero-order chi connectivity index (χ0) is 21.0. The lowest BCUT2D eigenvalue weighted by Gasteiger charge is -2.38. The summed E-state index contributed by atoms with van der Waals surface area (Å²) < 4.78 is 3.11. The molecule has 0 radical (unpaired) electrons. The van der Waals surface area contributed by atoms with Crippen LogP contribution >= 0.6 is 23.1 Å². The van der Waals surface area contributed by atoms with Gasteiger partial charge in [0.2, 0.25) is 5.13 Å². The molecule has 0 amide bonds. The van der Waals surface area contributed by atoms with E-state index in [1.807, 2.05) is 34.6 Å². The molecule has 1 N–H and O–H groups in total. The number of aromatic nitrogens is 3. The number of thioether (sulfide) groups is 1. The fourth-order valence-corrected chi connectivity index (χ4v) is 6.22. The number of benzene rings is 1. The van der Waals surface area contributed by atoms with Crippen LogP contribution in [0.25, 0.3) is 15.3 Å². The number of Topliss-reactive ketones (excluding diaryl/α,β-unsaturated/α-hetero) is 1. The number of nitrogens with zero attached hydrogens (tertiary/aromatic N) is 3. The number of rotatable bonds is 4. The Morgan fingerprint density at radius 3 is 2.87 bits per heavy atom. The van der Waals surface area contributed by atoms with Crippen molar-refractivity contribution in [3.05, 3.63) is 46.8 Å². The van der Waals surface area contributed by atoms with Crippen molar-refractivity contribution in [3.63, 3.8) is 0 Å². The van der Waals surface area contributed by atoms with Gasteiger partial charge in [-0.1, -0.05) is 37.3 Å². The van der Waals surface area contributed by atoms with E-state index in [2.05, 4.69) is 38.4 Å². The van der Waals surface area contributed by atoms with Crippen LogP contribution in [0.3, 0.4) is 0 Å². The van der Waals surface area contributed by atoms with Gasteiger partial charge in [-0.25, -0.2) is 4.98 Å². The standard InChI is InChI=1S/C23H26N4OS2/c1-13-19-14(9-10-29-4)20-16(11-23(2,3)12-17(20)28)24-21(19)27(26-13)22-25-15-7-5-6-8-18(15)30-22/h5-8,14,24H,9-12H2,1-4H3/t14-/m1/s1. The molecule has 2 aliphatic rings. The maximum absolute atomic E-state index is 13.2. The highest BCUT2D eigenvalue weighted by Gasteiger charge is 2.42. The molecule has 156 valence electrons. The van der Waals surface area contributed by atoms with E-state index in [0.717, 1.165) is 62.3 Å². The predicted octanol–water partition coefficient (Wildman–Crippen LogP) is 5.70. The van der Waals surface area contributed by atoms with Crippen LogP contribution in [0, 0.1) is 12.3 Å². The molecule has 1 aliphatic carbocycles. The minimum absolute atomic E-state index is 0.0275. The van der Waals surface area contributed by atoms with Crippen molar-refractivity contribution in [1.82, 2.24) is 14.8 Å². The SMILES string of the molecule is CSCC[C@H]1C2=C(CC(C)(C)CC2=O)Nc2c1c(C)nn2-c1nc2ccccc2s1. The lowest BCUT2D eigenvalue weighted by atomic mass is 9.70. The Hall–Kier alpha value is -2.12. The first-order valence-corrected chi connectivity index (χ1v) is 12.6. The number of ketones is 1. The number of aryl methyl sites for hydroxylation is 1. The molecule has 2 aromatic heterocycles. The fraction of sp³-hybridized carbons (Fsp3) is 0.435. The van der Waals surface area contributed by atoms with Crippen LogP contribution < -0.4 is 5.32 Å². The van der Waals surface area contributed by atoms with Crippen LogP contribution in [0.4, 0.5) is 5.82 Å². The van der Waals surface area contributed by atoms with Crippen LogP contribution in [-0.2, 0) is 4.79 Å². The molecule has 1 aliphatic heterocycles. The Kier molecular flexibility index (Phi) is 4.78. The summed E-state index contributed by atoms with van der Waals surface area (Å²) in [6, 6.07) is 8.18. The number of hydrogen-bond donors (Lipinski definition) is 1. The van der Waals surface area contributed by atoms with Crippen LogP contribution in [0.15, 0.2) is 35.5 Å². The van der Waals surface area contributed by atoms with Crippen molar-refractivity contribution in [2.24, 2.45) is 5.41 Å². The van der Waals surface area contributed by atoms with Gasteiger partial charge < -0.3 is 5.32 Å². The summed E-state index contributed by atoms with van der Waals surface area (Å²) in [5.74, 6) is 2.40. The number of fused-ring (bicyclic) bond motifs is 2. The molecular formula is C23H26N4OS2. The summed E-state index contributed by atoms with van der Waals surface area (Å²) in [6.45, 7) is 6.41. The minimum Gasteiger partial charge on any atom is -0.343 e. The van der Waals surface area contributed by atoms with Gasteiger partial charge in [-0.2, -0.15) is 21.5 Å². The van der Waals surface area contributed by atoms with Crippen molar-refractivity contribution in [3.8, 4) is 5.13 Å². The van der Waals surface area contributed by atoms with Crippen molar-refractivity contribution < 1.29 is 4.79 Å². The Bertz CT molecular complexity index is 1150. The highest BCUT2D eigenvalue weighted by molar-refractivity contribution is 7.98. The lowest BCUT2D eigenvalue weighted by Crippen LogP contribution is -2.34. The van der Waals surface area contributed by atoms with Crippen molar-refractivity contribution in [1.29, 1.82) is 0 Å². The Morgan fingerprint density at radius 2 is 2.10 bits per heavy atom. The van der Waals surface area contributed by atoms with Gasteiger partial charge in [-0.15, -0.1) is 0 Å². The van der Waals surface area contributed by atoms with Crippen LogP contribution in [0.2, 0.25) is 0 Å². The predicted molar refractivity (Wildman–Crippen MR) is 126 cm³/mol. The first-order chi connectivity index (χ1) is 14.4. The summed E-state index contributed by atoms with van der Waals surface area (Å²) in [5.41, 5.74) is 5.17. The van der Waals surface area contributed by atoms with E-state index in [1.165, 1.54) is 0 Å². The Morgan fingerprint density at radius 1 is 1.30 bits per heavy atom. The van der Waals surface area contributed by atoms with Crippen molar-refractivity contribution in [2.75, 3.05) is 17.3 Å². The molecule has 30 heavy (non-hydrogen) atoms. The second-order valence-corrected chi connectivity index (χ2v) is 11.0. The van der Waals surface area contributed by atoms with Gasteiger partial charge in [-0.3, -0.25) is 4.79 Å². The van der Waals surface area contributed by atoms with Crippen LogP contribution in [-0.4, -0.2) is 32.6 Å². The monoisotopic (exact) mass is 438 g/mol. The third-order valence-corrected chi connectivity index (χ3v) is 7.72. The summed E-state index contributed by atoms with van der Waals surface area (Å²) in [5, 5.41) is 9.40. The third kappa shape index (κ3) is 3.19. The van der Waals surface area contributed by atoms with E-state index in [4.69, 9.17) is 10.1 Å². The Labute approximate surface area is 185 Å². The molecule has 3 heterocycles. The maximum Gasteiger partial charge on any atom is 0.213 e. The second-order valence-electron chi connectivity index (χ2n) is 9.02. The summed E-state index contributed by atoms with van der Waals surface area (Å²) in [6.07, 6.45) is 4.57. The average molecular weight is 439 g/mol. The number of thiazole rings is 1. The van der Waals surface area contributed by atoms with Gasteiger partial charge in [0.05, 0.1) is 15.9 Å².